The lowest BCUT2D eigenvalue weighted by atomic mass is 9.43. The number of carboxylic acid groups (broad SMARTS) is 1. The molecule has 0 saturated heterocycles. The summed E-state index contributed by atoms with van der Waals surface area (Å²) in [4.78, 5) is 25.7. The van der Waals surface area contributed by atoms with Gasteiger partial charge in [0.2, 0.25) is 0 Å². The van der Waals surface area contributed by atoms with Gasteiger partial charge in [-0.15, -0.1) is 0 Å². The highest BCUT2D eigenvalue weighted by Gasteiger charge is 2.67. The fourth-order valence-electron chi connectivity index (χ4n) is 8.09. The van der Waals surface area contributed by atoms with Crippen molar-refractivity contribution in [3.8, 4) is 11.5 Å². The number of amides is 1. The SMILES string of the molecule is C[C@@H]1CC[C@@H]2C(C)(C)[C@H](O)CC[C@]2(C)[C@]12Cc1c(O)cc3c(c1O2)CN(CCCCC(=O)O)C3=O. The topological polar surface area (TPSA) is 107 Å². The van der Waals surface area contributed by atoms with Gasteiger partial charge < -0.3 is 25.0 Å². The number of unbranched alkanes of at least 4 members (excludes halogenated alkanes) is 1. The van der Waals surface area contributed by atoms with Crippen molar-refractivity contribution >= 4 is 11.9 Å². The van der Waals surface area contributed by atoms with E-state index in [1.54, 1.807) is 11.0 Å². The lowest BCUT2D eigenvalue weighted by Gasteiger charge is -2.64. The molecule has 1 aromatic carbocycles. The molecule has 3 N–H and O–H groups in total. The van der Waals surface area contributed by atoms with Crippen LogP contribution in [0.1, 0.15) is 94.1 Å². The number of hydrogen-bond acceptors (Lipinski definition) is 5. The molecule has 4 aliphatic rings. The Bertz CT molecular complexity index is 1070. The maximum absolute atomic E-state index is 13.1. The van der Waals surface area contributed by atoms with Gasteiger partial charge in [0.15, 0.2) is 0 Å². The van der Waals surface area contributed by atoms with Crippen LogP contribution in [0.3, 0.4) is 0 Å². The summed E-state index contributed by atoms with van der Waals surface area (Å²) in [7, 11) is 0. The Morgan fingerprint density at radius 2 is 1.91 bits per heavy atom. The zero-order chi connectivity index (χ0) is 25.3. The molecule has 2 heterocycles. The molecular formula is C28H39NO6. The molecule has 192 valence electrons. The fraction of sp³-hybridized carbons (Fsp3) is 0.714. The van der Waals surface area contributed by atoms with Crippen molar-refractivity contribution in [1.82, 2.24) is 4.90 Å². The summed E-state index contributed by atoms with van der Waals surface area (Å²) in [5.74, 6) is 0.437. The Balaban J connectivity index is 1.47. The van der Waals surface area contributed by atoms with E-state index in [1.807, 2.05) is 0 Å². The van der Waals surface area contributed by atoms with Gasteiger partial charge in [-0.25, -0.2) is 0 Å². The molecule has 0 unspecified atom stereocenters. The number of ether oxygens (including phenoxy) is 1. The number of aliphatic hydroxyl groups is 1. The van der Waals surface area contributed by atoms with Crippen LogP contribution in [0.4, 0.5) is 0 Å². The number of aromatic hydroxyl groups is 1. The minimum Gasteiger partial charge on any atom is -0.508 e. The Hall–Kier alpha value is -2.28. The number of carbonyl (C=O) groups is 2. The highest BCUT2D eigenvalue weighted by molar-refractivity contribution is 6.00. The van der Waals surface area contributed by atoms with Gasteiger partial charge in [0.05, 0.1) is 18.2 Å². The van der Waals surface area contributed by atoms with E-state index in [1.165, 1.54) is 0 Å². The Kier molecular flexibility index (Phi) is 5.66. The first-order chi connectivity index (χ1) is 16.4. The normalized spacial score (nSPS) is 34.9. The van der Waals surface area contributed by atoms with E-state index in [-0.39, 0.29) is 40.9 Å². The monoisotopic (exact) mass is 485 g/mol. The number of phenols is 1. The number of aliphatic carboxylic acids is 1. The summed E-state index contributed by atoms with van der Waals surface area (Å²) < 4.78 is 7.03. The number of phenolic OH excluding ortho intramolecular Hbond substituents is 1. The molecule has 0 bridgehead atoms. The summed E-state index contributed by atoms with van der Waals surface area (Å²) in [5.41, 5.74) is 1.30. The molecule has 5 rings (SSSR count). The zero-order valence-electron chi connectivity index (χ0n) is 21.4. The number of rotatable bonds is 5. The maximum Gasteiger partial charge on any atom is 0.303 e. The lowest BCUT2D eigenvalue weighted by Crippen LogP contribution is -2.66. The van der Waals surface area contributed by atoms with Gasteiger partial charge in [0.25, 0.3) is 5.91 Å². The molecule has 2 aliphatic carbocycles. The third kappa shape index (κ3) is 3.40. The molecule has 7 heteroatoms. The largest absolute Gasteiger partial charge is 0.508 e. The standard InChI is InChI=1S/C28H39NO6/c1-16-8-9-21-26(2,3)22(31)10-11-27(21,4)28(16)14-18-20(30)13-17-19(24(18)35-28)15-29(25(17)34)12-6-5-7-23(32)33/h13,16,21-22,30-31H,5-12,14-15H2,1-4H3,(H,32,33)/t16-,21-,22-,27+,28+/m1/s1. The van der Waals surface area contributed by atoms with E-state index < -0.39 is 11.6 Å². The van der Waals surface area contributed by atoms with Crippen molar-refractivity contribution in [1.29, 1.82) is 0 Å². The summed E-state index contributed by atoms with van der Waals surface area (Å²) in [6.45, 7) is 9.86. The second kappa shape index (κ2) is 8.12. The highest BCUT2D eigenvalue weighted by atomic mass is 16.5. The predicted molar refractivity (Wildman–Crippen MR) is 130 cm³/mol. The Morgan fingerprint density at radius 1 is 1.17 bits per heavy atom. The van der Waals surface area contributed by atoms with Gasteiger partial charge >= 0.3 is 5.97 Å². The number of nitrogens with zero attached hydrogens (tertiary/aromatic N) is 1. The van der Waals surface area contributed by atoms with Crippen LogP contribution in [0.5, 0.6) is 11.5 Å². The van der Waals surface area contributed by atoms with Crippen LogP contribution in [-0.4, -0.2) is 50.3 Å². The van der Waals surface area contributed by atoms with Crippen LogP contribution in [0.25, 0.3) is 0 Å². The number of aliphatic hydroxyl groups excluding tert-OH is 1. The van der Waals surface area contributed by atoms with Gasteiger partial charge in [-0.1, -0.05) is 27.7 Å². The molecular weight excluding hydrogens is 446 g/mol. The van der Waals surface area contributed by atoms with E-state index in [0.717, 1.165) is 36.8 Å². The average molecular weight is 486 g/mol. The van der Waals surface area contributed by atoms with Crippen molar-refractivity contribution in [2.45, 2.75) is 97.3 Å². The molecule has 1 amide bonds. The number of carboxylic acids is 1. The molecule has 7 nitrogen and oxygen atoms in total. The molecule has 2 fully saturated rings. The van der Waals surface area contributed by atoms with Crippen molar-refractivity contribution in [3.05, 3.63) is 22.8 Å². The van der Waals surface area contributed by atoms with Gasteiger partial charge in [-0.05, 0) is 61.8 Å². The minimum absolute atomic E-state index is 0.0967. The first kappa shape index (κ1) is 24.4. The van der Waals surface area contributed by atoms with Crippen LogP contribution in [-0.2, 0) is 17.8 Å². The highest BCUT2D eigenvalue weighted by Crippen LogP contribution is 2.67. The van der Waals surface area contributed by atoms with Crippen molar-refractivity contribution in [3.63, 3.8) is 0 Å². The van der Waals surface area contributed by atoms with Crippen LogP contribution in [0.2, 0.25) is 0 Å². The van der Waals surface area contributed by atoms with Gasteiger partial charge in [-0.2, -0.15) is 0 Å². The number of carbonyl (C=O) groups excluding carboxylic acids is 1. The molecule has 0 aromatic heterocycles. The van der Waals surface area contributed by atoms with Crippen LogP contribution < -0.4 is 4.74 Å². The van der Waals surface area contributed by atoms with Crippen molar-refractivity contribution in [2.24, 2.45) is 22.7 Å². The van der Waals surface area contributed by atoms with Crippen molar-refractivity contribution in [2.75, 3.05) is 6.54 Å². The van der Waals surface area contributed by atoms with E-state index in [0.29, 0.717) is 49.6 Å². The molecule has 1 aromatic rings. The van der Waals surface area contributed by atoms with Crippen LogP contribution in [0, 0.1) is 22.7 Å². The third-order valence-electron chi connectivity index (χ3n) is 10.2. The Labute approximate surface area is 207 Å². The summed E-state index contributed by atoms with van der Waals surface area (Å²) in [5, 5.41) is 30.8. The van der Waals surface area contributed by atoms with Crippen LogP contribution >= 0.6 is 0 Å². The van der Waals surface area contributed by atoms with E-state index in [4.69, 9.17) is 9.84 Å². The van der Waals surface area contributed by atoms with E-state index in [9.17, 15) is 19.8 Å². The van der Waals surface area contributed by atoms with E-state index >= 15 is 0 Å². The zero-order valence-corrected chi connectivity index (χ0v) is 21.4. The van der Waals surface area contributed by atoms with Gasteiger partial charge in [0, 0.05) is 35.9 Å². The second-order valence-electron chi connectivity index (χ2n) is 12.3. The molecule has 35 heavy (non-hydrogen) atoms. The second-order valence-corrected chi connectivity index (χ2v) is 12.3. The molecule has 2 aliphatic heterocycles. The fourth-order valence-corrected chi connectivity index (χ4v) is 8.09. The molecule has 0 radical (unpaired) electrons. The average Bonchev–Trinajstić information content (AvgIpc) is 3.34. The lowest BCUT2D eigenvalue weighted by molar-refractivity contribution is -0.210. The quantitative estimate of drug-likeness (QED) is 0.530. The number of hydrogen-bond donors (Lipinski definition) is 3. The molecule has 2 saturated carbocycles. The van der Waals surface area contributed by atoms with E-state index in [2.05, 4.69) is 27.7 Å². The minimum atomic E-state index is -0.825. The number of fused-ring (bicyclic) bond motifs is 5. The summed E-state index contributed by atoms with van der Waals surface area (Å²) in [6, 6.07) is 1.61. The third-order valence-corrected chi connectivity index (χ3v) is 10.2. The summed E-state index contributed by atoms with van der Waals surface area (Å²) >= 11 is 0. The van der Waals surface area contributed by atoms with Gasteiger partial charge in [-0.3, -0.25) is 9.59 Å². The molecule has 1 spiro atoms. The predicted octanol–water partition coefficient (Wildman–Crippen LogP) is 4.51. The maximum atomic E-state index is 13.1. The Morgan fingerprint density at radius 3 is 2.63 bits per heavy atom. The number of benzene rings is 1. The van der Waals surface area contributed by atoms with Gasteiger partial charge in [0.1, 0.15) is 17.1 Å². The molecule has 5 atom stereocenters. The van der Waals surface area contributed by atoms with Crippen LogP contribution in [0.15, 0.2) is 6.07 Å². The smallest absolute Gasteiger partial charge is 0.303 e. The van der Waals surface area contributed by atoms with Crippen molar-refractivity contribution < 1.29 is 29.6 Å². The first-order valence-electron chi connectivity index (χ1n) is 13.2. The first-order valence-corrected chi connectivity index (χ1v) is 13.2. The summed E-state index contributed by atoms with van der Waals surface area (Å²) in [6.07, 6.45) is 5.20.